The number of aryl methyl sites for hydroxylation is 1. The number of aromatic amines is 2. The van der Waals surface area contributed by atoms with E-state index in [0.717, 1.165) is 67.9 Å². The molecule has 0 atom stereocenters. The topological polar surface area (TPSA) is 95.9 Å². The van der Waals surface area contributed by atoms with Crippen LogP contribution in [0.1, 0.15) is 5.56 Å². The molecule has 0 bridgehead atoms. The number of hydrogen-bond acceptors (Lipinski definition) is 6. The Labute approximate surface area is 208 Å². The van der Waals surface area contributed by atoms with Gasteiger partial charge in [0, 0.05) is 28.6 Å². The number of H-pyrrole nitrogens is 2. The predicted molar refractivity (Wildman–Crippen MR) is 141 cm³/mol. The third-order valence-corrected chi connectivity index (χ3v) is 6.17. The number of fused-ring (bicyclic) bond motifs is 2. The van der Waals surface area contributed by atoms with Crippen molar-refractivity contribution in [3.8, 4) is 39.7 Å². The minimum absolute atomic E-state index is 0.626. The zero-order valence-corrected chi connectivity index (χ0v) is 20.4. The van der Waals surface area contributed by atoms with Gasteiger partial charge in [0.05, 0.1) is 41.0 Å². The maximum Gasteiger partial charge on any atom is 0.159 e. The van der Waals surface area contributed by atoms with Crippen molar-refractivity contribution in [2.75, 3.05) is 27.2 Å². The average molecular weight is 479 g/mol. The molecule has 0 unspecified atom stereocenters. The Morgan fingerprint density at radius 3 is 2.78 bits per heavy atom. The van der Waals surface area contributed by atoms with Gasteiger partial charge in [0.15, 0.2) is 5.82 Å². The molecule has 2 N–H and O–H groups in total. The molecule has 0 aliphatic heterocycles. The molecular formula is C28H26N6O2. The van der Waals surface area contributed by atoms with Crippen LogP contribution < -0.4 is 4.74 Å². The molecule has 6 rings (SSSR count). The first-order chi connectivity index (χ1) is 17.5. The smallest absolute Gasteiger partial charge is 0.159 e. The SMILES string of the molecule is Cc1cc(OCCN(C)C)cc(-c2cc3c(-c4nc5c(-c6ccoc6)cccc5[nH]4)n[nH]c3cn2)c1. The van der Waals surface area contributed by atoms with Gasteiger partial charge in [-0.05, 0) is 63.0 Å². The van der Waals surface area contributed by atoms with E-state index in [1.54, 1.807) is 12.5 Å². The van der Waals surface area contributed by atoms with Crippen LogP contribution in [0.25, 0.3) is 55.8 Å². The summed E-state index contributed by atoms with van der Waals surface area (Å²) in [6.07, 6.45) is 5.21. The molecule has 6 aromatic rings. The number of pyridine rings is 1. The van der Waals surface area contributed by atoms with Gasteiger partial charge in [-0.2, -0.15) is 5.10 Å². The molecule has 2 aromatic carbocycles. The molecule has 0 spiro atoms. The molecule has 4 heterocycles. The molecule has 0 aliphatic carbocycles. The number of nitrogens with zero attached hydrogens (tertiary/aromatic N) is 4. The summed E-state index contributed by atoms with van der Waals surface area (Å²) in [4.78, 5) is 15.1. The van der Waals surface area contributed by atoms with Crippen molar-refractivity contribution in [3.05, 3.63) is 72.8 Å². The Bertz CT molecular complexity index is 1660. The van der Waals surface area contributed by atoms with Gasteiger partial charge in [-0.25, -0.2) is 4.98 Å². The third-order valence-electron chi connectivity index (χ3n) is 6.17. The second kappa shape index (κ2) is 8.98. The number of rotatable bonds is 7. The molecule has 0 saturated carbocycles. The summed E-state index contributed by atoms with van der Waals surface area (Å²) >= 11 is 0. The highest BCUT2D eigenvalue weighted by Gasteiger charge is 2.17. The molecule has 4 aromatic heterocycles. The zero-order chi connectivity index (χ0) is 24.6. The summed E-state index contributed by atoms with van der Waals surface area (Å²) in [5, 5.41) is 8.61. The molecule has 0 saturated heterocycles. The van der Waals surface area contributed by atoms with Crippen LogP contribution in [0.5, 0.6) is 5.75 Å². The average Bonchev–Trinajstić information content (AvgIpc) is 3.62. The van der Waals surface area contributed by atoms with Gasteiger partial charge in [0.25, 0.3) is 0 Å². The van der Waals surface area contributed by atoms with Gasteiger partial charge in [-0.3, -0.25) is 10.1 Å². The standard InChI is InChI=1S/C28H26N6O2/c1-17-11-19(13-20(12-17)36-10-8-34(2)3)24-14-22-25(15-29-24)32-33-27(22)28-30-23-6-4-5-21(26(23)31-28)18-7-9-35-16-18/h4-7,9,11-16H,8,10H2,1-3H3,(H,30,31)(H,32,33). The molecule has 8 heteroatoms. The summed E-state index contributed by atoms with van der Waals surface area (Å²) in [5.41, 5.74) is 8.36. The van der Waals surface area contributed by atoms with Gasteiger partial charge in [0.1, 0.15) is 18.1 Å². The molecule has 8 nitrogen and oxygen atoms in total. The molecule has 0 amide bonds. The molecule has 180 valence electrons. The molecule has 0 radical (unpaired) electrons. The van der Waals surface area contributed by atoms with Crippen molar-refractivity contribution in [2.24, 2.45) is 0 Å². The minimum Gasteiger partial charge on any atom is -0.492 e. The van der Waals surface area contributed by atoms with E-state index >= 15 is 0 Å². The fourth-order valence-electron chi connectivity index (χ4n) is 4.38. The molecular weight excluding hydrogens is 452 g/mol. The van der Waals surface area contributed by atoms with Gasteiger partial charge < -0.3 is 19.0 Å². The number of nitrogens with one attached hydrogen (secondary N) is 2. The molecule has 36 heavy (non-hydrogen) atoms. The van der Waals surface area contributed by atoms with E-state index < -0.39 is 0 Å². The van der Waals surface area contributed by atoms with Gasteiger partial charge >= 0.3 is 0 Å². The highest BCUT2D eigenvalue weighted by molar-refractivity contribution is 5.97. The van der Waals surface area contributed by atoms with E-state index in [9.17, 15) is 0 Å². The molecule has 0 fully saturated rings. The maximum atomic E-state index is 5.99. The van der Waals surface area contributed by atoms with Crippen LogP contribution in [0.4, 0.5) is 0 Å². The zero-order valence-electron chi connectivity index (χ0n) is 20.4. The van der Waals surface area contributed by atoms with Crippen molar-refractivity contribution in [2.45, 2.75) is 6.92 Å². The number of aromatic nitrogens is 5. The minimum atomic E-state index is 0.626. The van der Waals surface area contributed by atoms with Gasteiger partial charge in [0.2, 0.25) is 0 Å². The summed E-state index contributed by atoms with van der Waals surface area (Å²) in [6, 6.07) is 16.3. The highest BCUT2D eigenvalue weighted by Crippen LogP contribution is 2.33. The van der Waals surface area contributed by atoms with E-state index in [1.165, 1.54) is 0 Å². The number of hydrogen-bond donors (Lipinski definition) is 2. The second-order valence-electron chi connectivity index (χ2n) is 9.17. The largest absolute Gasteiger partial charge is 0.492 e. The number of para-hydroxylation sites is 1. The van der Waals surface area contributed by atoms with Crippen molar-refractivity contribution >= 4 is 21.9 Å². The lowest BCUT2D eigenvalue weighted by Gasteiger charge is -2.12. The number of benzene rings is 2. The second-order valence-corrected chi connectivity index (χ2v) is 9.17. The fraction of sp³-hybridized carbons (Fsp3) is 0.179. The normalized spacial score (nSPS) is 11.7. The first kappa shape index (κ1) is 22.1. The Morgan fingerprint density at radius 2 is 1.94 bits per heavy atom. The lowest BCUT2D eigenvalue weighted by Crippen LogP contribution is -2.19. The van der Waals surface area contributed by atoms with Crippen LogP contribution in [0.2, 0.25) is 0 Å². The lowest BCUT2D eigenvalue weighted by atomic mass is 10.1. The van der Waals surface area contributed by atoms with Crippen LogP contribution in [0.15, 0.2) is 71.7 Å². The highest BCUT2D eigenvalue weighted by atomic mass is 16.5. The fourth-order valence-corrected chi connectivity index (χ4v) is 4.38. The number of imidazole rings is 1. The van der Waals surface area contributed by atoms with Gasteiger partial charge in [-0.1, -0.05) is 12.1 Å². The summed E-state index contributed by atoms with van der Waals surface area (Å²) in [7, 11) is 4.07. The van der Waals surface area contributed by atoms with E-state index in [-0.39, 0.29) is 0 Å². The number of likely N-dealkylation sites (N-methyl/N-ethyl adjacent to an activating group) is 1. The van der Waals surface area contributed by atoms with Crippen molar-refractivity contribution in [1.82, 2.24) is 30.0 Å². The van der Waals surface area contributed by atoms with Crippen LogP contribution in [-0.4, -0.2) is 57.3 Å². The summed E-state index contributed by atoms with van der Waals surface area (Å²) < 4.78 is 11.3. The van der Waals surface area contributed by atoms with E-state index in [4.69, 9.17) is 14.1 Å². The van der Waals surface area contributed by atoms with E-state index in [0.29, 0.717) is 12.4 Å². The van der Waals surface area contributed by atoms with Crippen molar-refractivity contribution < 1.29 is 9.15 Å². The monoisotopic (exact) mass is 478 g/mol. The molecule has 0 aliphatic rings. The number of ether oxygens (including phenoxy) is 1. The van der Waals surface area contributed by atoms with Crippen LogP contribution >= 0.6 is 0 Å². The first-order valence-electron chi connectivity index (χ1n) is 11.8. The Morgan fingerprint density at radius 1 is 1.03 bits per heavy atom. The number of furan rings is 1. The van der Waals surface area contributed by atoms with Crippen molar-refractivity contribution in [1.29, 1.82) is 0 Å². The lowest BCUT2D eigenvalue weighted by molar-refractivity contribution is 0.261. The van der Waals surface area contributed by atoms with E-state index in [2.05, 4.69) is 44.1 Å². The Balaban J connectivity index is 1.39. The maximum absolute atomic E-state index is 5.99. The Kier molecular flexibility index (Phi) is 5.50. The quantitative estimate of drug-likeness (QED) is 0.307. The van der Waals surface area contributed by atoms with Crippen LogP contribution in [-0.2, 0) is 0 Å². The van der Waals surface area contributed by atoms with Crippen LogP contribution in [0, 0.1) is 6.92 Å². The third kappa shape index (κ3) is 4.12. The Hall–Kier alpha value is -4.43. The van der Waals surface area contributed by atoms with Crippen LogP contribution in [0.3, 0.4) is 0 Å². The van der Waals surface area contributed by atoms with Gasteiger partial charge in [-0.15, -0.1) is 0 Å². The summed E-state index contributed by atoms with van der Waals surface area (Å²) in [6.45, 7) is 3.54. The first-order valence-corrected chi connectivity index (χ1v) is 11.8. The van der Waals surface area contributed by atoms with Crippen molar-refractivity contribution in [3.63, 3.8) is 0 Å². The predicted octanol–water partition coefficient (Wildman–Crippen LogP) is 5.68. The van der Waals surface area contributed by atoms with E-state index in [1.807, 2.05) is 56.7 Å². The summed E-state index contributed by atoms with van der Waals surface area (Å²) in [5.74, 6) is 1.53.